The maximum Gasteiger partial charge on any atom is 0.172 e. The number of phenolic OH excluding ortho intramolecular Hbond substituents is 1. The number of anilines is 1. The van der Waals surface area contributed by atoms with Gasteiger partial charge in [-0.25, -0.2) is 0 Å². The summed E-state index contributed by atoms with van der Waals surface area (Å²) in [5.74, 6) is 0.562. The van der Waals surface area contributed by atoms with Crippen LogP contribution in [-0.4, -0.2) is 12.2 Å². The Morgan fingerprint density at radius 3 is 2.50 bits per heavy atom. The molecule has 0 amide bonds. The van der Waals surface area contributed by atoms with Crippen LogP contribution in [0.2, 0.25) is 0 Å². The van der Waals surface area contributed by atoms with Crippen LogP contribution < -0.4 is 10.1 Å². The van der Waals surface area contributed by atoms with Crippen LogP contribution in [0.4, 0.5) is 5.69 Å². The maximum absolute atomic E-state index is 9.78. The van der Waals surface area contributed by atoms with Crippen LogP contribution in [0.3, 0.4) is 0 Å². The van der Waals surface area contributed by atoms with E-state index < -0.39 is 0 Å². The number of phenols is 1. The molecule has 0 aliphatic rings. The van der Waals surface area contributed by atoms with Crippen molar-refractivity contribution in [2.24, 2.45) is 0 Å². The highest BCUT2D eigenvalue weighted by Crippen LogP contribution is 2.35. The van der Waals surface area contributed by atoms with Crippen molar-refractivity contribution in [3.8, 4) is 11.5 Å². The van der Waals surface area contributed by atoms with Crippen molar-refractivity contribution in [1.82, 2.24) is 0 Å². The van der Waals surface area contributed by atoms with Gasteiger partial charge in [0.15, 0.2) is 11.5 Å². The number of benzene rings is 2. The molecule has 0 saturated carbocycles. The van der Waals surface area contributed by atoms with Crippen molar-refractivity contribution in [3.63, 3.8) is 0 Å². The third-order valence-electron chi connectivity index (χ3n) is 2.72. The van der Waals surface area contributed by atoms with E-state index >= 15 is 0 Å². The summed E-state index contributed by atoms with van der Waals surface area (Å²) >= 11 is 10.2. The average molecular weight is 466 g/mol. The van der Waals surface area contributed by atoms with E-state index in [0.29, 0.717) is 16.8 Å². The highest BCUT2D eigenvalue weighted by molar-refractivity contribution is 9.11. The normalized spacial score (nSPS) is 10.4. The number of hydrogen-bond donors (Lipinski definition) is 2. The molecule has 0 saturated heterocycles. The van der Waals surface area contributed by atoms with E-state index in [1.54, 1.807) is 6.07 Å². The Kier molecular flexibility index (Phi) is 5.35. The van der Waals surface area contributed by atoms with Gasteiger partial charge in [-0.05, 0) is 67.8 Å². The van der Waals surface area contributed by atoms with Crippen molar-refractivity contribution < 1.29 is 9.84 Å². The molecule has 6 heteroatoms. The summed E-state index contributed by atoms with van der Waals surface area (Å²) in [6.07, 6.45) is 0. The fourth-order valence-electron chi connectivity index (χ4n) is 1.72. The van der Waals surface area contributed by atoms with Crippen molar-refractivity contribution >= 4 is 53.5 Å². The van der Waals surface area contributed by atoms with Gasteiger partial charge in [-0.3, -0.25) is 0 Å². The molecule has 0 unspecified atom stereocenters. The fraction of sp³-hybridized carbons (Fsp3) is 0.143. The van der Waals surface area contributed by atoms with Crippen LogP contribution in [-0.2, 0) is 6.54 Å². The van der Waals surface area contributed by atoms with Gasteiger partial charge >= 0.3 is 0 Å². The lowest BCUT2D eigenvalue weighted by Crippen LogP contribution is -2.00. The molecule has 2 aromatic rings. The predicted octanol–water partition coefficient (Wildman–Crippen LogP) is 5.30. The minimum atomic E-state index is 0.112. The topological polar surface area (TPSA) is 41.5 Å². The van der Waals surface area contributed by atoms with Crippen molar-refractivity contribution in [2.75, 3.05) is 12.4 Å². The molecule has 0 radical (unpaired) electrons. The van der Waals surface area contributed by atoms with Crippen LogP contribution in [0, 0.1) is 0 Å². The third-order valence-corrected chi connectivity index (χ3v) is 4.48. The number of hydrogen-bond acceptors (Lipinski definition) is 3. The first-order chi connectivity index (χ1) is 9.51. The molecule has 0 aliphatic carbocycles. The molecule has 2 N–H and O–H groups in total. The lowest BCUT2D eigenvalue weighted by molar-refractivity contribution is 0.371. The molecule has 0 fully saturated rings. The lowest BCUT2D eigenvalue weighted by atomic mass is 10.2. The molecule has 0 bridgehead atoms. The van der Waals surface area contributed by atoms with E-state index in [1.807, 2.05) is 24.3 Å². The summed E-state index contributed by atoms with van der Waals surface area (Å²) in [7, 11) is 1.53. The fourth-order valence-corrected chi connectivity index (χ4v) is 3.39. The zero-order valence-corrected chi connectivity index (χ0v) is 15.3. The number of nitrogens with one attached hydrogen (secondary N) is 1. The zero-order chi connectivity index (χ0) is 14.7. The van der Waals surface area contributed by atoms with Crippen molar-refractivity contribution in [1.29, 1.82) is 0 Å². The summed E-state index contributed by atoms with van der Waals surface area (Å²) in [5, 5.41) is 13.1. The van der Waals surface area contributed by atoms with Gasteiger partial charge in [0, 0.05) is 21.2 Å². The van der Waals surface area contributed by atoms with E-state index in [9.17, 15) is 5.11 Å². The van der Waals surface area contributed by atoms with Crippen molar-refractivity contribution in [2.45, 2.75) is 6.54 Å². The molecule has 0 aromatic heterocycles. The Labute approximate surface area is 142 Å². The Balaban J connectivity index is 2.16. The molecule has 3 nitrogen and oxygen atoms in total. The number of rotatable bonds is 4. The predicted molar refractivity (Wildman–Crippen MR) is 91.5 cm³/mol. The average Bonchev–Trinajstić information content (AvgIpc) is 2.41. The van der Waals surface area contributed by atoms with Crippen LogP contribution in [0.15, 0.2) is 43.7 Å². The van der Waals surface area contributed by atoms with Gasteiger partial charge < -0.3 is 15.2 Å². The number of ether oxygens (including phenoxy) is 1. The molecule has 0 atom stereocenters. The minimum Gasteiger partial charge on any atom is -0.503 e. The van der Waals surface area contributed by atoms with Gasteiger partial charge in [0.2, 0.25) is 0 Å². The summed E-state index contributed by atoms with van der Waals surface area (Å²) in [5.41, 5.74) is 2.00. The molecule has 2 rings (SSSR count). The first-order valence-corrected chi connectivity index (χ1v) is 8.13. The smallest absolute Gasteiger partial charge is 0.172 e. The minimum absolute atomic E-state index is 0.112. The highest BCUT2D eigenvalue weighted by atomic mass is 79.9. The Morgan fingerprint density at radius 1 is 1.10 bits per heavy atom. The molecule has 2 aromatic carbocycles. The summed E-state index contributed by atoms with van der Waals surface area (Å²) in [4.78, 5) is 0. The highest BCUT2D eigenvalue weighted by Gasteiger charge is 2.09. The second kappa shape index (κ2) is 6.83. The Morgan fingerprint density at radius 2 is 1.85 bits per heavy atom. The molecule has 0 heterocycles. The summed E-state index contributed by atoms with van der Waals surface area (Å²) in [6, 6.07) is 9.61. The zero-order valence-electron chi connectivity index (χ0n) is 10.6. The van der Waals surface area contributed by atoms with Crippen LogP contribution >= 0.6 is 47.8 Å². The van der Waals surface area contributed by atoms with Gasteiger partial charge in [0.25, 0.3) is 0 Å². The molecule has 0 spiro atoms. The second-order valence-electron chi connectivity index (χ2n) is 4.11. The monoisotopic (exact) mass is 463 g/mol. The number of halogens is 3. The molecular weight excluding hydrogens is 454 g/mol. The number of methoxy groups -OCH3 is 1. The first kappa shape index (κ1) is 15.7. The standard InChI is InChI=1S/C14H12Br3NO2/c1-20-13-5-8(4-11(17)14(13)19)7-18-12-3-2-9(15)6-10(12)16/h2-6,18-19H,7H2,1H3. The first-order valence-electron chi connectivity index (χ1n) is 5.75. The number of aromatic hydroxyl groups is 1. The Bertz CT molecular complexity index is 632. The van der Waals surface area contributed by atoms with E-state index in [2.05, 4.69) is 53.1 Å². The molecule has 20 heavy (non-hydrogen) atoms. The van der Waals surface area contributed by atoms with Gasteiger partial charge in [0.05, 0.1) is 11.6 Å². The quantitative estimate of drug-likeness (QED) is 0.643. The van der Waals surface area contributed by atoms with E-state index in [4.69, 9.17) is 4.74 Å². The van der Waals surface area contributed by atoms with E-state index in [0.717, 1.165) is 20.2 Å². The van der Waals surface area contributed by atoms with E-state index in [-0.39, 0.29) is 5.75 Å². The molecule has 0 aliphatic heterocycles. The van der Waals surface area contributed by atoms with Crippen LogP contribution in [0.5, 0.6) is 11.5 Å². The molecule has 106 valence electrons. The van der Waals surface area contributed by atoms with Crippen LogP contribution in [0.25, 0.3) is 0 Å². The summed E-state index contributed by atoms with van der Waals surface area (Å²) < 4.78 is 7.75. The largest absolute Gasteiger partial charge is 0.503 e. The third kappa shape index (κ3) is 3.68. The van der Waals surface area contributed by atoms with Gasteiger partial charge in [-0.15, -0.1) is 0 Å². The van der Waals surface area contributed by atoms with E-state index in [1.165, 1.54) is 7.11 Å². The van der Waals surface area contributed by atoms with Gasteiger partial charge in [-0.2, -0.15) is 0 Å². The maximum atomic E-state index is 9.78. The lowest BCUT2D eigenvalue weighted by Gasteiger charge is -2.12. The Hall–Kier alpha value is -0.720. The summed E-state index contributed by atoms with van der Waals surface area (Å²) in [6.45, 7) is 0.621. The van der Waals surface area contributed by atoms with Crippen molar-refractivity contribution in [3.05, 3.63) is 49.3 Å². The van der Waals surface area contributed by atoms with Gasteiger partial charge in [0.1, 0.15) is 0 Å². The van der Waals surface area contributed by atoms with Crippen LogP contribution in [0.1, 0.15) is 5.56 Å². The van der Waals surface area contributed by atoms with Gasteiger partial charge in [-0.1, -0.05) is 15.9 Å². The second-order valence-corrected chi connectivity index (χ2v) is 6.73. The molecular formula is C14H12Br3NO2. The SMILES string of the molecule is COc1cc(CNc2ccc(Br)cc2Br)cc(Br)c1O.